The van der Waals surface area contributed by atoms with Crippen LogP contribution in [0.5, 0.6) is 5.75 Å². The molecule has 1 N–H and O–H groups in total. The number of methoxy groups -OCH3 is 1. The van der Waals surface area contributed by atoms with Gasteiger partial charge in [0, 0.05) is 48.0 Å². The minimum Gasteiger partial charge on any atom is -0.488 e. The van der Waals surface area contributed by atoms with E-state index in [0.29, 0.717) is 40.8 Å². The van der Waals surface area contributed by atoms with Gasteiger partial charge in [-0.2, -0.15) is 0 Å². The van der Waals surface area contributed by atoms with Crippen LogP contribution in [0.2, 0.25) is 5.02 Å². The second kappa shape index (κ2) is 9.59. The van der Waals surface area contributed by atoms with E-state index in [1.807, 2.05) is 41.8 Å². The molecular weight excluding hydrogens is 511 g/mol. The average Bonchev–Trinajstić information content (AvgIpc) is 3.43. The van der Waals surface area contributed by atoms with Gasteiger partial charge >= 0.3 is 5.76 Å². The number of halogens is 2. The van der Waals surface area contributed by atoms with Crippen molar-refractivity contribution >= 4 is 28.4 Å². The summed E-state index contributed by atoms with van der Waals surface area (Å²) in [4.78, 5) is 19.0. The molecule has 10 heteroatoms. The van der Waals surface area contributed by atoms with Crippen LogP contribution in [0.4, 0.5) is 4.39 Å². The molecule has 3 aromatic heterocycles. The SMILES string of the molecule is COCc1nc2cc(Cl)ccn2c1Cc1ccc2c(c1)COc1cc(F)ccc1/C2=C(/C)c1noc(=O)[nH]1. The summed E-state index contributed by atoms with van der Waals surface area (Å²) < 4.78 is 32.4. The van der Waals surface area contributed by atoms with Crippen LogP contribution in [-0.4, -0.2) is 26.6 Å². The van der Waals surface area contributed by atoms with Gasteiger partial charge in [-0.3, -0.25) is 9.51 Å². The first-order valence-electron chi connectivity index (χ1n) is 11.9. The summed E-state index contributed by atoms with van der Waals surface area (Å²) in [7, 11) is 1.64. The van der Waals surface area contributed by atoms with Crippen LogP contribution in [0.1, 0.15) is 46.4 Å². The number of benzene rings is 2. The topological polar surface area (TPSA) is 94.7 Å². The van der Waals surface area contributed by atoms with E-state index >= 15 is 0 Å². The molecule has 1 aliphatic rings. The van der Waals surface area contributed by atoms with Gasteiger partial charge in [-0.25, -0.2) is 14.2 Å². The summed E-state index contributed by atoms with van der Waals surface area (Å²) in [6.07, 6.45) is 2.49. The van der Waals surface area contributed by atoms with E-state index in [0.717, 1.165) is 39.3 Å². The van der Waals surface area contributed by atoms with Crippen molar-refractivity contribution in [1.29, 1.82) is 0 Å². The maximum absolute atomic E-state index is 14.1. The molecule has 6 rings (SSSR count). The Morgan fingerprint density at radius 3 is 2.82 bits per heavy atom. The normalized spacial score (nSPS) is 14.1. The maximum atomic E-state index is 14.1. The van der Waals surface area contributed by atoms with Gasteiger partial charge in [0.05, 0.1) is 18.0 Å². The van der Waals surface area contributed by atoms with Gasteiger partial charge in [0.2, 0.25) is 0 Å². The molecule has 38 heavy (non-hydrogen) atoms. The van der Waals surface area contributed by atoms with E-state index in [2.05, 4.69) is 16.2 Å². The number of imidazole rings is 1. The number of ether oxygens (including phenoxy) is 2. The number of aromatic amines is 1. The van der Waals surface area contributed by atoms with Crippen LogP contribution >= 0.6 is 11.6 Å². The Kier molecular flexibility index (Phi) is 6.09. The first-order chi connectivity index (χ1) is 18.4. The fourth-order valence-electron chi connectivity index (χ4n) is 4.91. The van der Waals surface area contributed by atoms with Crippen molar-refractivity contribution in [1.82, 2.24) is 19.5 Å². The van der Waals surface area contributed by atoms with E-state index in [4.69, 9.17) is 30.6 Å². The van der Waals surface area contributed by atoms with Crippen LogP contribution in [0.3, 0.4) is 0 Å². The highest BCUT2D eigenvalue weighted by Gasteiger charge is 2.24. The standard InChI is InChI=1S/C28H22ClFN4O4/c1-15(27-32-28(35)38-33-27)26-20-5-3-16(9-17(20)13-37-24-12-19(30)4-6-21(24)26)10-23-22(14-36-2)31-25-11-18(29)7-8-34(23)25/h3-9,11-12H,10,13-14H2,1-2H3,(H,32,33,35)/b26-15-. The number of nitrogens with zero attached hydrogens (tertiary/aromatic N) is 3. The molecule has 0 fully saturated rings. The van der Waals surface area contributed by atoms with Crippen molar-refractivity contribution in [3.8, 4) is 5.75 Å². The minimum atomic E-state index is -0.652. The highest BCUT2D eigenvalue weighted by atomic mass is 35.5. The maximum Gasteiger partial charge on any atom is 0.439 e. The number of H-pyrrole nitrogens is 1. The third kappa shape index (κ3) is 4.29. The van der Waals surface area contributed by atoms with Gasteiger partial charge < -0.3 is 13.9 Å². The number of fused-ring (bicyclic) bond motifs is 3. The second-order valence-corrected chi connectivity index (χ2v) is 9.49. The number of rotatable bonds is 5. The predicted octanol–water partition coefficient (Wildman–Crippen LogP) is 5.41. The lowest BCUT2D eigenvalue weighted by Gasteiger charge is -2.14. The molecule has 0 aliphatic carbocycles. The lowest BCUT2D eigenvalue weighted by atomic mass is 9.89. The lowest BCUT2D eigenvalue weighted by Crippen LogP contribution is -2.03. The Bertz CT molecular complexity index is 1790. The smallest absolute Gasteiger partial charge is 0.439 e. The Morgan fingerprint density at radius 1 is 1.18 bits per heavy atom. The monoisotopic (exact) mass is 532 g/mol. The van der Waals surface area contributed by atoms with Crippen molar-refractivity contribution in [2.75, 3.05) is 7.11 Å². The Balaban J connectivity index is 1.48. The molecule has 192 valence electrons. The number of allylic oxidation sites excluding steroid dienone is 1. The van der Waals surface area contributed by atoms with Crippen molar-refractivity contribution < 1.29 is 18.4 Å². The third-order valence-electron chi connectivity index (χ3n) is 6.63. The van der Waals surface area contributed by atoms with Crippen LogP contribution in [0.25, 0.3) is 16.8 Å². The number of hydrogen-bond acceptors (Lipinski definition) is 6. The number of hydrogen-bond donors (Lipinski definition) is 1. The van der Waals surface area contributed by atoms with Crippen LogP contribution < -0.4 is 10.5 Å². The quantitative estimate of drug-likeness (QED) is 0.325. The highest BCUT2D eigenvalue weighted by Crippen LogP contribution is 2.41. The van der Waals surface area contributed by atoms with Gasteiger partial charge in [0.25, 0.3) is 0 Å². The molecule has 4 heterocycles. The number of aromatic nitrogens is 4. The van der Waals surface area contributed by atoms with E-state index in [-0.39, 0.29) is 6.61 Å². The third-order valence-corrected chi connectivity index (χ3v) is 6.86. The molecular formula is C28H22ClFN4O4. The Hall–Kier alpha value is -4.21. The summed E-state index contributed by atoms with van der Waals surface area (Å²) in [6, 6.07) is 14.2. The van der Waals surface area contributed by atoms with Gasteiger partial charge in [-0.05, 0) is 47.4 Å². The molecule has 2 aromatic carbocycles. The van der Waals surface area contributed by atoms with Crippen LogP contribution in [0.15, 0.2) is 64.0 Å². The zero-order chi connectivity index (χ0) is 26.4. The van der Waals surface area contributed by atoms with Crippen molar-refractivity contribution in [3.63, 3.8) is 0 Å². The fourth-order valence-corrected chi connectivity index (χ4v) is 5.06. The van der Waals surface area contributed by atoms with Gasteiger partial charge in [0.15, 0.2) is 5.82 Å². The van der Waals surface area contributed by atoms with Crippen molar-refractivity contribution in [2.24, 2.45) is 0 Å². The van der Waals surface area contributed by atoms with Gasteiger partial charge in [-0.1, -0.05) is 35.0 Å². The molecule has 0 saturated carbocycles. The van der Waals surface area contributed by atoms with Crippen LogP contribution in [-0.2, 0) is 24.4 Å². The molecule has 0 bridgehead atoms. The van der Waals surface area contributed by atoms with E-state index in [1.165, 1.54) is 12.1 Å². The summed E-state index contributed by atoms with van der Waals surface area (Å²) in [5.74, 6) is -0.351. The van der Waals surface area contributed by atoms with Crippen molar-refractivity contribution in [3.05, 3.63) is 116 Å². The van der Waals surface area contributed by atoms with E-state index in [9.17, 15) is 9.18 Å². The summed E-state index contributed by atoms with van der Waals surface area (Å²) >= 11 is 6.19. The van der Waals surface area contributed by atoms with Gasteiger partial charge in [-0.15, -0.1) is 0 Å². The fraction of sp³-hybridized carbons (Fsp3) is 0.179. The summed E-state index contributed by atoms with van der Waals surface area (Å²) in [5.41, 5.74) is 7.54. The second-order valence-electron chi connectivity index (χ2n) is 9.05. The Labute approximate surface area is 221 Å². The summed E-state index contributed by atoms with van der Waals surface area (Å²) in [5, 5.41) is 4.48. The minimum absolute atomic E-state index is 0.236. The van der Waals surface area contributed by atoms with Crippen molar-refractivity contribution in [2.45, 2.75) is 26.6 Å². The van der Waals surface area contributed by atoms with Crippen LogP contribution in [0, 0.1) is 5.82 Å². The Morgan fingerprint density at radius 2 is 2.03 bits per heavy atom. The average molecular weight is 533 g/mol. The molecule has 8 nitrogen and oxygen atoms in total. The highest BCUT2D eigenvalue weighted by molar-refractivity contribution is 6.30. The van der Waals surface area contributed by atoms with E-state index < -0.39 is 11.6 Å². The summed E-state index contributed by atoms with van der Waals surface area (Å²) in [6.45, 7) is 2.44. The molecule has 0 saturated heterocycles. The zero-order valence-corrected chi connectivity index (χ0v) is 21.3. The molecule has 0 atom stereocenters. The van der Waals surface area contributed by atoms with E-state index in [1.54, 1.807) is 13.2 Å². The lowest BCUT2D eigenvalue weighted by molar-refractivity contribution is 0.181. The largest absolute Gasteiger partial charge is 0.488 e. The molecule has 5 aromatic rings. The molecule has 0 unspecified atom stereocenters. The number of pyridine rings is 1. The predicted molar refractivity (Wildman–Crippen MR) is 140 cm³/mol. The molecule has 0 radical (unpaired) electrons. The first-order valence-corrected chi connectivity index (χ1v) is 12.3. The molecule has 1 aliphatic heterocycles. The first kappa shape index (κ1) is 24.1. The van der Waals surface area contributed by atoms with Gasteiger partial charge in [0.1, 0.15) is 23.8 Å². The molecule has 0 spiro atoms. The zero-order valence-electron chi connectivity index (χ0n) is 20.5. The number of nitrogens with one attached hydrogen (secondary N) is 1. The molecule has 0 amide bonds.